The number of aryl methyl sites for hydroxylation is 1. The van der Waals surface area contributed by atoms with Crippen molar-refractivity contribution in [2.75, 3.05) is 7.11 Å². The molecule has 17 heavy (non-hydrogen) atoms. The minimum absolute atomic E-state index is 0.0167. The van der Waals surface area contributed by atoms with Crippen LogP contribution in [-0.2, 0) is 4.74 Å². The minimum Gasteiger partial charge on any atom is -0.379 e. The maximum absolute atomic E-state index is 6.38. The summed E-state index contributed by atoms with van der Waals surface area (Å²) in [6.45, 7) is 10.7. The summed E-state index contributed by atoms with van der Waals surface area (Å²) in [5.41, 5.74) is 10.1. The van der Waals surface area contributed by atoms with Crippen molar-refractivity contribution in [2.24, 2.45) is 11.1 Å². The van der Waals surface area contributed by atoms with E-state index in [2.05, 4.69) is 52.8 Å². The van der Waals surface area contributed by atoms with E-state index in [0.717, 1.165) is 0 Å². The topological polar surface area (TPSA) is 35.2 Å². The lowest BCUT2D eigenvalue weighted by atomic mass is 9.81. The zero-order valence-electron chi connectivity index (χ0n) is 11.9. The van der Waals surface area contributed by atoms with E-state index in [1.54, 1.807) is 7.11 Å². The second-order valence-corrected chi connectivity index (χ2v) is 5.84. The average molecular weight is 235 g/mol. The SMILES string of the molecule is COC(C(N)c1cccc(C)c1C)C(C)(C)C. The van der Waals surface area contributed by atoms with Crippen LogP contribution in [0.4, 0.5) is 0 Å². The van der Waals surface area contributed by atoms with Gasteiger partial charge in [0.25, 0.3) is 0 Å². The van der Waals surface area contributed by atoms with Gasteiger partial charge in [-0.2, -0.15) is 0 Å². The van der Waals surface area contributed by atoms with E-state index in [0.29, 0.717) is 0 Å². The summed E-state index contributed by atoms with van der Waals surface area (Å²) < 4.78 is 5.60. The number of hydrogen-bond acceptors (Lipinski definition) is 2. The molecule has 0 aromatic heterocycles. The van der Waals surface area contributed by atoms with Crippen LogP contribution >= 0.6 is 0 Å². The zero-order valence-corrected chi connectivity index (χ0v) is 11.9. The Balaban J connectivity index is 3.11. The van der Waals surface area contributed by atoms with Gasteiger partial charge in [0.05, 0.1) is 12.1 Å². The van der Waals surface area contributed by atoms with E-state index in [-0.39, 0.29) is 17.6 Å². The van der Waals surface area contributed by atoms with Gasteiger partial charge in [0.1, 0.15) is 0 Å². The van der Waals surface area contributed by atoms with Crippen LogP contribution in [0.3, 0.4) is 0 Å². The van der Waals surface area contributed by atoms with Crippen LogP contribution in [-0.4, -0.2) is 13.2 Å². The first kappa shape index (κ1) is 14.2. The molecule has 0 bridgehead atoms. The van der Waals surface area contributed by atoms with Crippen molar-refractivity contribution in [1.82, 2.24) is 0 Å². The van der Waals surface area contributed by atoms with Gasteiger partial charge in [0.15, 0.2) is 0 Å². The molecule has 2 nitrogen and oxygen atoms in total. The molecule has 0 aliphatic heterocycles. The van der Waals surface area contributed by atoms with Crippen molar-refractivity contribution in [2.45, 2.75) is 46.8 Å². The lowest BCUT2D eigenvalue weighted by Crippen LogP contribution is -2.39. The molecule has 2 N–H and O–H groups in total. The summed E-state index contributed by atoms with van der Waals surface area (Å²) in [4.78, 5) is 0. The fourth-order valence-electron chi connectivity index (χ4n) is 2.34. The standard InChI is InChI=1S/C15H25NO/c1-10-8-7-9-12(11(10)2)13(16)14(17-6)15(3,4)5/h7-9,13-14H,16H2,1-6H3. The third-order valence-corrected chi connectivity index (χ3v) is 3.44. The van der Waals surface area contributed by atoms with Crippen molar-refractivity contribution in [1.29, 1.82) is 0 Å². The van der Waals surface area contributed by atoms with E-state index in [1.165, 1.54) is 16.7 Å². The molecular weight excluding hydrogens is 210 g/mol. The first-order chi connectivity index (χ1) is 7.79. The first-order valence-electron chi connectivity index (χ1n) is 6.13. The van der Waals surface area contributed by atoms with Crippen LogP contribution in [0.1, 0.15) is 43.5 Å². The number of rotatable bonds is 3. The number of nitrogens with two attached hydrogens (primary N) is 1. The van der Waals surface area contributed by atoms with Crippen molar-refractivity contribution in [3.05, 3.63) is 34.9 Å². The molecule has 0 saturated heterocycles. The molecule has 0 saturated carbocycles. The highest BCUT2D eigenvalue weighted by atomic mass is 16.5. The molecule has 0 fully saturated rings. The van der Waals surface area contributed by atoms with Gasteiger partial charge in [-0.25, -0.2) is 0 Å². The van der Waals surface area contributed by atoms with Crippen molar-refractivity contribution in [3.63, 3.8) is 0 Å². The highest BCUT2D eigenvalue weighted by molar-refractivity contribution is 5.36. The summed E-state index contributed by atoms with van der Waals surface area (Å²) >= 11 is 0. The van der Waals surface area contributed by atoms with Gasteiger partial charge in [0.2, 0.25) is 0 Å². The summed E-state index contributed by atoms with van der Waals surface area (Å²) in [6.07, 6.45) is 0.0167. The van der Waals surface area contributed by atoms with E-state index in [1.807, 2.05) is 0 Å². The van der Waals surface area contributed by atoms with Gasteiger partial charge < -0.3 is 10.5 Å². The van der Waals surface area contributed by atoms with Crippen LogP contribution in [0, 0.1) is 19.3 Å². The smallest absolute Gasteiger partial charge is 0.0812 e. The van der Waals surface area contributed by atoms with Gasteiger partial charge in [-0.05, 0) is 36.0 Å². The number of hydrogen-bond donors (Lipinski definition) is 1. The predicted octanol–water partition coefficient (Wildman–Crippen LogP) is 3.36. The van der Waals surface area contributed by atoms with Crippen LogP contribution in [0.2, 0.25) is 0 Å². The van der Waals surface area contributed by atoms with Gasteiger partial charge >= 0.3 is 0 Å². The Bertz CT molecular complexity index is 379. The summed E-state index contributed by atoms with van der Waals surface area (Å²) in [7, 11) is 1.74. The zero-order chi connectivity index (χ0) is 13.2. The normalized spacial score (nSPS) is 15.7. The molecule has 0 heterocycles. The monoisotopic (exact) mass is 235 g/mol. The van der Waals surface area contributed by atoms with Crippen LogP contribution in [0.5, 0.6) is 0 Å². The number of ether oxygens (including phenoxy) is 1. The maximum Gasteiger partial charge on any atom is 0.0812 e. The second-order valence-electron chi connectivity index (χ2n) is 5.84. The first-order valence-corrected chi connectivity index (χ1v) is 6.13. The van der Waals surface area contributed by atoms with Crippen LogP contribution < -0.4 is 5.73 Å². The fourth-order valence-corrected chi connectivity index (χ4v) is 2.34. The lowest BCUT2D eigenvalue weighted by molar-refractivity contribution is -0.00257. The molecule has 0 spiro atoms. The second kappa shape index (κ2) is 5.19. The molecule has 0 radical (unpaired) electrons. The predicted molar refractivity (Wildman–Crippen MR) is 73.1 cm³/mol. The van der Waals surface area contributed by atoms with Gasteiger partial charge in [-0.15, -0.1) is 0 Å². The van der Waals surface area contributed by atoms with Gasteiger partial charge in [-0.3, -0.25) is 0 Å². The largest absolute Gasteiger partial charge is 0.379 e. The highest BCUT2D eigenvalue weighted by Gasteiger charge is 2.31. The molecule has 1 rings (SSSR count). The van der Waals surface area contributed by atoms with Crippen LogP contribution in [0.15, 0.2) is 18.2 Å². The van der Waals surface area contributed by atoms with Gasteiger partial charge in [-0.1, -0.05) is 39.0 Å². The molecule has 0 aliphatic carbocycles. The molecule has 1 aromatic carbocycles. The summed E-state index contributed by atoms with van der Waals surface area (Å²) in [5, 5.41) is 0. The van der Waals surface area contributed by atoms with Crippen molar-refractivity contribution < 1.29 is 4.74 Å². The highest BCUT2D eigenvalue weighted by Crippen LogP contribution is 2.32. The molecule has 2 atom stereocenters. The molecular formula is C15H25NO. The number of methoxy groups -OCH3 is 1. The summed E-state index contributed by atoms with van der Waals surface area (Å²) in [5.74, 6) is 0. The molecule has 0 amide bonds. The van der Waals surface area contributed by atoms with E-state index in [9.17, 15) is 0 Å². The Morgan fingerprint density at radius 3 is 2.24 bits per heavy atom. The van der Waals surface area contributed by atoms with Gasteiger partial charge in [0, 0.05) is 7.11 Å². The average Bonchev–Trinajstić information content (AvgIpc) is 2.20. The van der Waals surface area contributed by atoms with Crippen LogP contribution in [0.25, 0.3) is 0 Å². The van der Waals surface area contributed by atoms with Crippen molar-refractivity contribution in [3.8, 4) is 0 Å². The van der Waals surface area contributed by atoms with Crippen molar-refractivity contribution >= 4 is 0 Å². The number of benzene rings is 1. The third kappa shape index (κ3) is 3.08. The Kier molecular flexibility index (Phi) is 4.34. The summed E-state index contributed by atoms with van der Waals surface area (Å²) in [6, 6.07) is 6.20. The quantitative estimate of drug-likeness (QED) is 0.872. The molecule has 1 aromatic rings. The molecule has 0 aliphatic rings. The lowest BCUT2D eigenvalue weighted by Gasteiger charge is -2.35. The maximum atomic E-state index is 6.38. The Morgan fingerprint density at radius 1 is 1.18 bits per heavy atom. The minimum atomic E-state index is -0.0834. The van der Waals surface area contributed by atoms with E-state index >= 15 is 0 Å². The molecule has 2 unspecified atom stereocenters. The Hall–Kier alpha value is -0.860. The van der Waals surface area contributed by atoms with E-state index in [4.69, 9.17) is 10.5 Å². The molecule has 96 valence electrons. The Morgan fingerprint density at radius 2 is 1.76 bits per heavy atom. The molecule has 2 heteroatoms. The fraction of sp³-hybridized carbons (Fsp3) is 0.600. The third-order valence-electron chi connectivity index (χ3n) is 3.44. The Labute approximate surface area is 105 Å². The van der Waals surface area contributed by atoms with E-state index < -0.39 is 0 Å².